The van der Waals surface area contributed by atoms with Gasteiger partial charge in [0.1, 0.15) is 5.82 Å². The minimum absolute atomic E-state index is 0.543. The van der Waals surface area contributed by atoms with E-state index < -0.39 is 0 Å². The van der Waals surface area contributed by atoms with E-state index in [2.05, 4.69) is 30.2 Å². The molecule has 2 nitrogen and oxygen atoms in total. The first-order valence-corrected chi connectivity index (χ1v) is 6.96. The predicted octanol–water partition coefficient (Wildman–Crippen LogP) is 5.10. The Morgan fingerprint density at radius 1 is 1.16 bits per heavy atom. The molecule has 0 saturated carbocycles. The van der Waals surface area contributed by atoms with Crippen LogP contribution in [-0.2, 0) is 0 Å². The molecule has 0 aliphatic carbocycles. The summed E-state index contributed by atoms with van der Waals surface area (Å²) in [5, 5.41) is 4.26. The van der Waals surface area contributed by atoms with Crippen LogP contribution in [0, 0.1) is 13.8 Å². The Balaban J connectivity index is 2.61. The van der Waals surface area contributed by atoms with Crippen LogP contribution in [-0.4, -0.2) is 11.5 Å². The molecule has 2 rings (SSSR count). The molecule has 0 saturated heterocycles. The summed E-state index contributed by atoms with van der Waals surface area (Å²) >= 11 is 12.4. The lowest BCUT2D eigenvalue weighted by molar-refractivity contribution is 1.16. The van der Waals surface area contributed by atoms with E-state index in [0.717, 1.165) is 17.8 Å². The molecule has 2 aromatic rings. The van der Waals surface area contributed by atoms with Gasteiger partial charge in [-0.3, -0.25) is 0 Å². The lowest BCUT2D eigenvalue weighted by Crippen LogP contribution is -2.02. The zero-order valence-electron chi connectivity index (χ0n) is 11.2. The van der Waals surface area contributed by atoms with Crippen molar-refractivity contribution in [3.05, 3.63) is 45.4 Å². The van der Waals surface area contributed by atoms with Crippen molar-refractivity contribution in [3.63, 3.8) is 0 Å². The second kappa shape index (κ2) is 5.81. The van der Waals surface area contributed by atoms with Crippen LogP contribution in [0.1, 0.15) is 18.1 Å². The van der Waals surface area contributed by atoms with Gasteiger partial charge >= 0.3 is 0 Å². The number of nitrogens with one attached hydrogen (secondary N) is 1. The molecule has 0 unspecified atom stereocenters. The summed E-state index contributed by atoms with van der Waals surface area (Å²) in [6.07, 6.45) is 0. The minimum Gasteiger partial charge on any atom is -0.369 e. The first kappa shape index (κ1) is 14.2. The number of halogens is 2. The SMILES string of the molecule is CCNc1nc(-c2cccc(C)c2C)c(Cl)cc1Cl. The summed E-state index contributed by atoms with van der Waals surface area (Å²) in [4.78, 5) is 4.56. The van der Waals surface area contributed by atoms with Crippen molar-refractivity contribution in [2.24, 2.45) is 0 Å². The Morgan fingerprint density at radius 2 is 1.89 bits per heavy atom. The van der Waals surface area contributed by atoms with Crippen LogP contribution < -0.4 is 5.32 Å². The smallest absolute Gasteiger partial charge is 0.145 e. The average molecular weight is 295 g/mol. The molecule has 0 amide bonds. The average Bonchev–Trinajstić information content (AvgIpc) is 2.37. The van der Waals surface area contributed by atoms with Gasteiger partial charge < -0.3 is 5.32 Å². The van der Waals surface area contributed by atoms with Crippen molar-refractivity contribution in [2.75, 3.05) is 11.9 Å². The fourth-order valence-corrected chi connectivity index (χ4v) is 2.48. The largest absolute Gasteiger partial charge is 0.369 e. The molecular formula is C15H16Cl2N2. The minimum atomic E-state index is 0.543. The van der Waals surface area contributed by atoms with Crippen LogP contribution in [0.5, 0.6) is 0 Å². The number of pyridine rings is 1. The Bertz CT molecular complexity index is 609. The van der Waals surface area contributed by atoms with Gasteiger partial charge in [0.2, 0.25) is 0 Å². The number of aryl methyl sites for hydroxylation is 1. The molecule has 0 atom stereocenters. The maximum absolute atomic E-state index is 6.29. The zero-order chi connectivity index (χ0) is 14.0. The normalized spacial score (nSPS) is 10.6. The van der Waals surface area contributed by atoms with E-state index in [1.807, 2.05) is 19.1 Å². The van der Waals surface area contributed by atoms with Crippen molar-refractivity contribution >= 4 is 29.0 Å². The number of anilines is 1. The Hall–Kier alpha value is -1.25. The molecule has 0 bridgehead atoms. The summed E-state index contributed by atoms with van der Waals surface area (Å²) < 4.78 is 0. The highest BCUT2D eigenvalue weighted by Crippen LogP contribution is 2.34. The molecule has 1 aromatic heterocycles. The van der Waals surface area contributed by atoms with Gasteiger partial charge in [-0.25, -0.2) is 4.98 Å². The van der Waals surface area contributed by atoms with E-state index in [1.54, 1.807) is 6.07 Å². The maximum atomic E-state index is 6.29. The molecule has 0 radical (unpaired) electrons. The Kier molecular flexibility index (Phi) is 4.33. The molecule has 0 fully saturated rings. The summed E-state index contributed by atoms with van der Waals surface area (Å²) in [6, 6.07) is 7.86. The molecule has 0 spiro atoms. The monoisotopic (exact) mass is 294 g/mol. The molecular weight excluding hydrogens is 279 g/mol. The van der Waals surface area contributed by atoms with Gasteiger partial charge in [0.05, 0.1) is 15.7 Å². The van der Waals surface area contributed by atoms with Gasteiger partial charge in [-0.15, -0.1) is 0 Å². The third kappa shape index (κ3) is 2.85. The quantitative estimate of drug-likeness (QED) is 0.851. The molecule has 1 heterocycles. The predicted molar refractivity (Wildman–Crippen MR) is 83.3 cm³/mol. The number of rotatable bonds is 3. The van der Waals surface area contributed by atoms with Gasteiger partial charge in [-0.1, -0.05) is 41.4 Å². The van der Waals surface area contributed by atoms with Crippen molar-refractivity contribution < 1.29 is 0 Å². The summed E-state index contributed by atoms with van der Waals surface area (Å²) in [6.45, 7) is 6.92. The van der Waals surface area contributed by atoms with Gasteiger partial charge in [0.15, 0.2) is 0 Å². The first-order chi connectivity index (χ1) is 9.04. The molecule has 1 aromatic carbocycles. The van der Waals surface area contributed by atoms with Crippen LogP contribution in [0.4, 0.5) is 5.82 Å². The highest BCUT2D eigenvalue weighted by molar-refractivity contribution is 6.37. The number of aromatic nitrogens is 1. The zero-order valence-corrected chi connectivity index (χ0v) is 12.7. The van der Waals surface area contributed by atoms with Crippen LogP contribution in [0.2, 0.25) is 10.0 Å². The highest BCUT2D eigenvalue weighted by Gasteiger charge is 2.13. The van der Waals surface area contributed by atoms with Crippen LogP contribution in [0.3, 0.4) is 0 Å². The van der Waals surface area contributed by atoms with E-state index >= 15 is 0 Å². The molecule has 0 aliphatic rings. The molecule has 0 aliphatic heterocycles. The lowest BCUT2D eigenvalue weighted by atomic mass is 10.0. The van der Waals surface area contributed by atoms with Gasteiger partial charge in [-0.05, 0) is 38.0 Å². The second-order valence-corrected chi connectivity index (χ2v) is 5.24. The van der Waals surface area contributed by atoms with E-state index in [1.165, 1.54) is 11.1 Å². The summed E-state index contributed by atoms with van der Waals surface area (Å²) in [5.41, 5.74) is 4.21. The van der Waals surface area contributed by atoms with E-state index in [0.29, 0.717) is 15.9 Å². The molecule has 19 heavy (non-hydrogen) atoms. The third-order valence-electron chi connectivity index (χ3n) is 3.13. The number of benzene rings is 1. The summed E-state index contributed by atoms with van der Waals surface area (Å²) in [7, 11) is 0. The topological polar surface area (TPSA) is 24.9 Å². The summed E-state index contributed by atoms with van der Waals surface area (Å²) in [5.74, 6) is 0.671. The standard InChI is InChI=1S/C15H16Cl2N2/c1-4-18-15-13(17)8-12(16)14(19-15)11-7-5-6-9(2)10(11)3/h5-8H,4H2,1-3H3,(H,18,19). The van der Waals surface area contributed by atoms with Gasteiger partial charge in [-0.2, -0.15) is 0 Å². The fourth-order valence-electron chi connectivity index (χ4n) is 1.95. The van der Waals surface area contributed by atoms with Gasteiger partial charge in [0, 0.05) is 12.1 Å². The number of nitrogens with zero attached hydrogens (tertiary/aromatic N) is 1. The van der Waals surface area contributed by atoms with E-state index in [9.17, 15) is 0 Å². The molecule has 100 valence electrons. The van der Waals surface area contributed by atoms with Crippen molar-refractivity contribution in [3.8, 4) is 11.3 Å². The van der Waals surface area contributed by atoms with Crippen molar-refractivity contribution in [2.45, 2.75) is 20.8 Å². The van der Waals surface area contributed by atoms with E-state index in [-0.39, 0.29) is 0 Å². The molecule has 1 N–H and O–H groups in total. The van der Waals surface area contributed by atoms with Gasteiger partial charge in [0.25, 0.3) is 0 Å². The Morgan fingerprint density at radius 3 is 2.58 bits per heavy atom. The number of hydrogen-bond acceptors (Lipinski definition) is 2. The maximum Gasteiger partial charge on any atom is 0.145 e. The van der Waals surface area contributed by atoms with Crippen LogP contribution in [0.15, 0.2) is 24.3 Å². The van der Waals surface area contributed by atoms with Crippen molar-refractivity contribution in [1.29, 1.82) is 0 Å². The lowest BCUT2D eigenvalue weighted by Gasteiger charge is -2.13. The van der Waals surface area contributed by atoms with E-state index in [4.69, 9.17) is 23.2 Å². The third-order valence-corrected chi connectivity index (χ3v) is 3.71. The van der Waals surface area contributed by atoms with Crippen LogP contribution in [0.25, 0.3) is 11.3 Å². The fraction of sp³-hybridized carbons (Fsp3) is 0.267. The van der Waals surface area contributed by atoms with Crippen molar-refractivity contribution in [1.82, 2.24) is 4.98 Å². The Labute approximate surface area is 123 Å². The molecule has 4 heteroatoms. The first-order valence-electron chi connectivity index (χ1n) is 6.21. The number of hydrogen-bond donors (Lipinski definition) is 1. The van der Waals surface area contributed by atoms with Crippen LogP contribution >= 0.6 is 23.2 Å². The second-order valence-electron chi connectivity index (χ2n) is 4.43. The highest BCUT2D eigenvalue weighted by atomic mass is 35.5.